The van der Waals surface area contributed by atoms with E-state index in [4.69, 9.17) is 9.47 Å². The summed E-state index contributed by atoms with van der Waals surface area (Å²) in [5.74, 6) is 0.652. The van der Waals surface area contributed by atoms with Gasteiger partial charge in [-0.25, -0.2) is 4.79 Å². The molecule has 0 fully saturated rings. The molecule has 0 aromatic heterocycles. The molecule has 0 aliphatic carbocycles. The maximum atomic E-state index is 12.3. The number of carbonyl (C=O) groups is 2. The van der Waals surface area contributed by atoms with Gasteiger partial charge in [0.15, 0.2) is 0 Å². The molecule has 4 nitrogen and oxygen atoms in total. The number of hydrogen-bond donors (Lipinski definition) is 0. The van der Waals surface area contributed by atoms with E-state index < -0.39 is 5.97 Å². The third-order valence-electron chi connectivity index (χ3n) is 3.76. The highest BCUT2D eigenvalue weighted by molar-refractivity contribution is 8.00. The minimum atomic E-state index is -0.435. The van der Waals surface area contributed by atoms with Gasteiger partial charge >= 0.3 is 11.9 Å². The predicted molar refractivity (Wildman–Crippen MR) is 119 cm³/mol. The third kappa shape index (κ3) is 9.72. The summed E-state index contributed by atoms with van der Waals surface area (Å²) in [6, 6.07) is 20.1. The molecule has 0 bridgehead atoms. The summed E-state index contributed by atoms with van der Waals surface area (Å²) in [6.45, 7) is 5.31. The van der Waals surface area contributed by atoms with Gasteiger partial charge in [-0.1, -0.05) is 43.0 Å². The van der Waals surface area contributed by atoms with Gasteiger partial charge in [0.25, 0.3) is 0 Å². The molecule has 0 atom stereocenters. The van der Waals surface area contributed by atoms with Crippen LogP contribution in [0.3, 0.4) is 0 Å². The summed E-state index contributed by atoms with van der Waals surface area (Å²) < 4.78 is 10.7. The number of benzene rings is 2. The summed E-state index contributed by atoms with van der Waals surface area (Å²) in [6.07, 6.45) is 0.435. The van der Waals surface area contributed by atoms with Crippen LogP contribution in [0.25, 0.3) is 0 Å². The molecule has 154 valence electrons. The molecule has 0 aliphatic rings. The van der Waals surface area contributed by atoms with Crippen molar-refractivity contribution in [3.8, 4) is 0 Å². The van der Waals surface area contributed by atoms with Gasteiger partial charge in [-0.2, -0.15) is 0 Å². The maximum Gasteiger partial charge on any atom is 0.333 e. The summed E-state index contributed by atoms with van der Waals surface area (Å²) >= 11 is 3.34. The first-order chi connectivity index (χ1) is 14.0. The monoisotopic (exact) mass is 430 g/mol. The van der Waals surface area contributed by atoms with E-state index >= 15 is 0 Å². The van der Waals surface area contributed by atoms with Gasteiger partial charge in [0.2, 0.25) is 0 Å². The van der Waals surface area contributed by atoms with Crippen molar-refractivity contribution >= 4 is 35.5 Å². The molecule has 0 unspecified atom stereocenters. The van der Waals surface area contributed by atoms with E-state index in [1.807, 2.05) is 60.7 Å². The van der Waals surface area contributed by atoms with Crippen molar-refractivity contribution in [2.45, 2.75) is 35.7 Å². The Morgan fingerprint density at radius 2 is 1.45 bits per heavy atom. The van der Waals surface area contributed by atoms with E-state index in [2.05, 4.69) is 6.58 Å². The maximum absolute atomic E-state index is 12.3. The highest BCUT2D eigenvalue weighted by atomic mass is 32.2. The Balaban J connectivity index is 1.81. The first-order valence-corrected chi connectivity index (χ1v) is 11.4. The van der Waals surface area contributed by atoms with Crippen LogP contribution in [0.2, 0.25) is 0 Å². The van der Waals surface area contributed by atoms with Gasteiger partial charge in [0.05, 0.1) is 6.61 Å². The van der Waals surface area contributed by atoms with E-state index in [1.54, 1.807) is 30.4 Å². The van der Waals surface area contributed by atoms with E-state index in [9.17, 15) is 9.59 Å². The van der Waals surface area contributed by atoms with Crippen LogP contribution in [0, 0.1) is 0 Å². The number of hydrogen-bond acceptors (Lipinski definition) is 6. The van der Waals surface area contributed by atoms with E-state index in [0.717, 1.165) is 9.79 Å². The van der Waals surface area contributed by atoms with Crippen LogP contribution >= 0.6 is 23.5 Å². The summed E-state index contributed by atoms with van der Waals surface area (Å²) in [4.78, 5) is 25.9. The second-order valence-corrected chi connectivity index (χ2v) is 8.57. The zero-order chi connectivity index (χ0) is 20.9. The van der Waals surface area contributed by atoms with Crippen LogP contribution in [0.1, 0.15) is 19.8 Å². The van der Waals surface area contributed by atoms with Crippen molar-refractivity contribution in [1.82, 2.24) is 0 Å². The highest BCUT2D eigenvalue weighted by Gasteiger charge is 2.16. The van der Waals surface area contributed by atoms with Crippen LogP contribution in [0.5, 0.6) is 0 Å². The summed E-state index contributed by atoms with van der Waals surface area (Å²) in [5.41, 5.74) is 0.350. The molecule has 0 amide bonds. The molecular formula is C23H26O4S2. The minimum Gasteiger partial charge on any atom is -0.462 e. The second kappa shape index (κ2) is 13.1. The highest BCUT2D eigenvalue weighted by Crippen LogP contribution is 2.24. The Morgan fingerprint density at radius 3 is 1.93 bits per heavy atom. The Morgan fingerprint density at radius 1 is 0.931 bits per heavy atom. The van der Waals surface area contributed by atoms with Gasteiger partial charge in [-0.15, -0.1) is 23.5 Å². The molecule has 0 aliphatic heterocycles. The number of thioether (sulfide) groups is 2. The zero-order valence-electron chi connectivity index (χ0n) is 16.5. The fraction of sp³-hybridized carbons (Fsp3) is 0.304. The number of rotatable bonds is 12. The predicted octanol–water partition coefficient (Wildman–Crippen LogP) is 5.38. The second-order valence-electron chi connectivity index (χ2n) is 6.38. The van der Waals surface area contributed by atoms with Crippen molar-refractivity contribution in [2.24, 2.45) is 0 Å². The Bertz CT molecular complexity index is 734. The molecule has 6 heteroatoms. The molecule has 2 aromatic carbocycles. The number of carbonyl (C=O) groups excluding carboxylic acids is 2. The lowest BCUT2D eigenvalue weighted by Gasteiger charge is -2.17. The first-order valence-electron chi connectivity index (χ1n) is 9.42. The molecule has 0 saturated heterocycles. The number of ether oxygens (including phenoxy) is 2. The normalized spacial score (nSPS) is 10.6. The molecule has 29 heavy (non-hydrogen) atoms. The van der Waals surface area contributed by atoms with Gasteiger partial charge in [-0.05, 0) is 37.6 Å². The van der Waals surface area contributed by atoms with E-state index in [1.165, 1.54) is 0 Å². The Hall–Kier alpha value is -2.18. The third-order valence-corrected chi connectivity index (χ3v) is 6.05. The zero-order valence-corrected chi connectivity index (χ0v) is 18.2. The molecular weight excluding hydrogens is 404 g/mol. The lowest BCUT2D eigenvalue weighted by Crippen LogP contribution is -2.23. The Kier molecular flexibility index (Phi) is 10.5. The van der Waals surface area contributed by atoms with Crippen LogP contribution in [-0.4, -0.2) is 36.2 Å². The van der Waals surface area contributed by atoms with Crippen LogP contribution < -0.4 is 0 Å². The van der Waals surface area contributed by atoms with Crippen LogP contribution in [0.15, 0.2) is 82.6 Å². The molecule has 2 rings (SSSR count). The summed E-state index contributed by atoms with van der Waals surface area (Å²) in [7, 11) is 0. The first kappa shape index (κ1) is 23.1. The van der Waals surface area contributed by atoms with Crippen LogP contribution in [0.4, 0.5) is 0 Å². The topological polar surface area (TPSA) is 52.6 Å². The minimum absolute atomic E-state index is 0.184. The molecule has 0 saturated carbocycles. The lowest BCUT2D eigenvalue weighted by atomic mass is 10.3. The smallest absolute Gasteiger partial charge is 0.333 e. The lowest BCUT2D eigenvalue weighted by molar-refractivity contribution is -0.148. The fourth-order valence-electron chi connectivity index (χ4n) is 2.28. The van der Waals surface area contributed by atoms with Crippen molar-refractivity contribution in [3.63, 3.8) is 0 Å². The van der Waals surface area contributed by atoms with Gasteiger partial charge in [-0.3, -0.25) is 4.79 Å². The van der Waals surface area contributed by atoms with Crippen LogP contribution in [-0.2, 0) is 19.1 Å². The van der Waals surface area contributed by atoms with Crippen molar-refractivity contribution in [3.05, 3.63) is 72.8 Å². The SMILES string of the molecule is C=C(C)C(=O)OCCCC(=O)OC(CSc1ccccc1)CSc1ccccc1. The fourth-order valence-corrected chi connectivity index (χ4v) is 4.25. The average Bonchev–Trinajstić information content (AvgIpc) is 2.74. The molecule has 0 radical (unpaired) electrons. The molecule has 0 spiro atoms. The Labute approximate surface area is 181 Å². The standard InChI is InChI=1S/C23H26O4S2/c1-18(2)23(25)26-15-9-14-22(24)27-19(16-28-20-10-5-3-6-11-20)17-29-21-12-7-4-8-13-21/h3-8,10-13,19H,1,9,14-17H2,2H3. The van der Waals surface area contributed by atoms with E-state index in [0.29, 0.717) is 23.5 Å². The average molecular weight is 431 g/mol. The van der Waals surface area contributed by atoms with Gasteiger partial charge in [0.1, 0.15) is 6.10 Å². The quantitative estimate of drug-likeness (QED) is 0.195. The van der Waals surface area contributed by atoms with E-state index in [-0.39, 0.29) is 25.1 Å². The molecule has 0 heterocycles. The summed E-state index contributed by atoms with van der Waals surface area (Å²) in [5, 5.41) is 0. The number of esters is 2. The van der Waals surface area contributed by atoms with Crippen molar-refractivity contribution < 1.29 is 19.1 Å². The largest absolute Gasteiger partial charge is 0.462 e. The van der Waals surface area contributed by atoms with Gasteiger partial charge < -0.3 is 9.47 Å². The van der Waals surface area contributed by atoms with Crippen molar-refractivity contribution in [1.29, 1.82) is 0 Å². The van der Waals surface area contributed by atoms with Crippen molar-refractivity contribution in [2.75, 3.05) is 18.1 Å². The molecule has 0 N–H and O–H groups in total. The molecule has 2 aromatic rings. The van der Waals surface area contributed by atoms with Gasteiger partial charge in [0, 0.05) is 33.3 Å².